The average Bonchev–Trinajstić information content (AvgIpc) is 2.68. The third-order valence-electron chi connectivity index (χ3n) is 4.19. The molecule has 0 aliphatic heterocycles. The number of rotatable bonds is 4. The van der Waals surface area contributed by atoms with Crippen molar-refractivity contribution >= 4 is 17.8 Å². The maximum Gasteiger partial charge on any atom is 0.365 e. The zero-order valence-corrected chi connectivity index (χ0v) is 14.3. The minimum Gasteiger partial charge on any atom is -0.497 e. The Morgan fingerprint density at radius 1 is 1.00 bits per heavy atom. The lowest BCUT2D eigenvalue weighted by Gasteiger charge is -2.16. The lowest BCUT2D eigenvalue weighted by Crippen LogP contribution is -2.11. The summed E-state index contributed by atoms with van der Waals surface area (Å²) in [4.78, 5) is 17.3. The van der Waals surface area contributed by atoms with E-state index in [4.69, 9.17) is 9.57 Å². The van der Waals surface area contributed by atoms with Gasteiger partial charge in [-0.05, 0) is 67.2 Å². The lowest BCUT2D eigenvalue weighted by molar-refractivity contribution is 0.0515. The van der Waals surface area contributed by atoms with E-state index >= 15 is 0 Å². The van der Waals surface area contributed by atoms with E-state index in [1.807, 2.05) is 18.2 Å². The van der Waals surface area contributed by atoms with E-state index in [9.17, 15) is 4.79 Å². The number of carbonyl (C=O) groups is 1. The van der Waals surface area contributed by atoms with Crippen molar-refractivity contribution < 1.29 is 14.4 Å². The summed E-state index contributed by atoms with van der Waals surface area (Å²) in [6.07, 6.45) is 6.09. The van der Waals surface area contributed by atoms with Gasteiger partial charge >= 0.3 is 5.97 Å². The summed E-state index contributed by atoms with van der Waals surface area (Å²) in [5.41, 5.74) is 3.58. The average molecular weight is 335 g/mol. The van der Waals surface area contributed by atoms with Gasteiger partial charge in [-0.25, -0.2) is 4.79 Å². The zero-order valence-electron chi connectivity index (χ0n) is 14.3. The van der Waals surface area contributed by atoms with Gasteiger partial charge in [-0.3, -0.25) is 0 Å². The molecule has 25 heavy (non-hydrogen) atoms. The van der Waals surface area contributed by atoms with Crippen molar-refractivity contribution in [1.82, 2.24) is 0 Å². The molecular formula is C21H21NO3. The van der Waals surface area contributed by atoms with Crippen LogP contribution in [0.4, 0.5) is 0 Å². The molecule has 0 atom stereocenters. The minimum absolute atomic E-state index is 0.453. The molecule has 3 rings (SSSR count). The topological polar surface area (TPSA) is 47.9 Å². The molecule has 2 aromatic carbocycles. The molecule has 1 aliphatic rings. The molecule has 0 unspecified atom stereocenters. The second-order valence-electron chi connectivity index (χ2n) is 5.93. The third kappa shape index (κ3) is 4.57. The minimum atomic E-state index is -0.459. The number of nitrogens with zero attached hydrogens (tertiary/aromatic N) is 1. The largest absolute Gasteiger partial charge is 0.497 e. The Morgan fingerprint density at radius 2 is 1.72 bits per heavy atom. The van der Waals surface area contributed by atoms with Crippen LogP contribution in [0.3, 0.4) is 0 Å². The SMILES string of the molecule is COc1ccc(C(=O)ON=C2CCCCC2=Cc2ccccc2)cc1. The Hall–Kier alpha value is -2.88. The highest BCUT2D eigenvalue weighted by atomic mass is 16.7. The van der Waals surface area contributed by atoms with Crippen LogP contribution in [0.1, 0.15) is 41.6 Å². The quantitative estimate of drug-likeness (QED) is 0.592. The first-order valence-corrected chi connectivity index (χ1v) is 8.44. The van der Waals surface area contributed by atoms with Crippen LogP contribution in [0.15, 0.2) is 65.3 Å². The van der Waals surface area contributed by atoms with Crippen LogP contribution >= 0.6 is 0 Å². The molecule has 0 aromatic heterocycles. The summed E-state index contributed by atoms with van der Waals surface area (Å²) < 4.78 is 5.09. The Kier molecular flexibility index (Phi) is 5.62. The van der Waals surface area contributed by atoms with E-state index in [1.54, 1.807) is 31.4 Å². The first-order chi connectivity index (χ1) is 12.3. The molecule has 4 nitrogen and oxygen atoms in total. The summed E-state index contributed by atoms with van der Waals surface area (Å²) in [6, 6.07) is 16.9. The van der Waals surface area contributed by atoms with Gasteiger partial charge < -0.3 is 9.57 Å². The first kappa shape index (κ1) is 17.0. The number of oxime groups is 1. The molecule has 4 heteroatoms. The number of hydrogen-bond donors (Lipinski definition) is 0. The first-order valence-electron chi connectivity index (χ1n) is 8.44. The number of allylic oxidation sites excluding steroid dienone is 1. The van der Waals surface area contributed by atoms with Crippen molar-refractivity contribution in [2.75, 3.05) is 7.11 Å². The molecule has 0 spiro atoms. The van der Waals surface area contributed by atoms with E-state index in [-0.39, 0.29) is 0 Å². The van der Waals surface area contributed by atoms with Crippen LogP contribution in [0, 0.1) is 0 Å². The van der Waals surface area contributed by atoms with E-state index in [0.717, 1.165) is 42.5 Å². The van der Waals surface area contributed by atoms with Crippen molar-refractivity contribution in [3.8, 4) is 5.75 Å². The lowest BCUT2D eigenvalue weighted by atomic mass is 9.91. The van der Waals surface area contributed by atoms with Gasteiger partial charge in [0.05, 0.1) is 18.4 Å². The van der Waals surface area contributed by atoms with Gasteiger partial charge in [-0.2, -0.15) is 0 Å². The van der Waals surface area contributed by atoms with Gasteiger partial charge in [-0.1, -0.05) is 35.5 Å². The molecule has 1 aliphatic carbocycles. The van der Waals surface area contributed by atoms with Gasteiger partial charge in [0.15, 0.2) is 0 Å². The smallest absolute Gasteiger partial charge is 0.365 e. The molecule has 0 heterocycles. The van der Waals surface area contributed by atoms with Crippen molar-refractivity contribution in [1.29, 1.82) is 0 Å². The van der Waals surface area contributed by atoms with Crippen molar-refractivity contribution in [3.63, 3.8) is 0 Å². The normalized spacial score (nSPS) is 17.5. The highest BCUT2D eigenvalue weighted by Crippen LogP contribution is 2.24. The Morgan fingerprint density at radius 3 is 2.44 bits per heavy atom. The van der Waals surface area contributed by atoms with Gasteiger partial charge in [0.1, 0.15) is 5.75 Å². The van der Waals surface area contributed by atoms with Crippen molar-refractivity contribution in [2.45, 2.75) is 25.7 Å². The van der Waals surface area contributed by atoms with Gasteiger partial charge in [0.25, 0.3) is 0 Å². The maximum atomic E-state index is 12.2. The molecule has 128 valence electrons. The molecular weight excluding hydrogens is 314 g/mol. The summed E-state index contributed by atoms with van der Waals surface area (Å²) in [6.45, 7) is 0. The number of benzene rings is 2. The predicted molar refractivity (Wildman–Crippen MR) is 98.7 cm³/mol. The molecule has 1 fully saturated rings. The number of hydrogen-bond acceptors (Lipinski definition) is 4. The van der Waals surface area contributed by atoms with E-state index in [2.05, 4.69) is 23.4 Å². The van der Waals surface area contributed by atoms with Crippen LogP contribution in [0.2, 0.25) is 0 Å². The maximum absolute atomic E-state index is 12.2. The van der Waals surface area contributed by atoms with Crippen LogP contribution in [-0.2, 0) is 4.84 Å². The molecule has 1 saturated carbocycles. The highest BCUT2D eigenvalue weighted by molar-refractivity contribution is 6.04. The standard InChI is InChI=1S/C21H21NO3/c1-24-19-13-11-17(12-14-19)21(23)25-22-20-10-6-5-9-18(20)15-16-7-3-2-4-8-16/h2-4,7-8,11-15H,5-6,9-10H2,1H3. The van der Waals surface area contributed by atoms with E-state index in [1.165, 1.54) is 0 Å². The summed E-state index contributed by atoms with van der Waals surface area (Å²) in [7, 11) is 1.59. The van der Waals surface area contributed by atoms with E-state index in [0.29, 0.717) is 11.3 Å². The zero-order chi connectivity index (χ0) is 17.5. The van der Waals surface area contributed by atoms with Crippen molar-refractivity contribution in [3.05, 3.63) is 71.3 Å². The molecule has 0 bridgehead atoms. The van der Waals surface area contributed by atoms with E-state index < -0.39 is 5.97 Å². The summed E-state index contributed by atoms with van der Waals surface area (Å²) >= 11 is 0. The van der Waals surface area contributed by atoms with Gasteiger partial charge in [-0.15, -0.1) is 0 Å². The predicted octanol–water partition coefficient (Wildman–Crippen LogP) is 4.87. The summed E-state index contributed by atoms with van der Waals surface area (Å²) in [5.74, 6) is 0.239. The fourth-order valence-corrected chi connectivity index (χ4v) is 2.80. The van der Waals surface area contributed by atoms with Gasteiger partial charge in [0.2, 0.25) is 0 Å². The Balaban J connectivity index is 1.73. The fourth-order valence-electron chi connectivity index (χ4n) is 2.80. The molecule has 0 amide bonds. The number of methoxy groups -OCH3 is 1. The summed E-state index contributed by atoms with van der Waals surface area (Å²) in [5, 5.41) is 4.15. The third-order valence-corrected chi connectivity index (χ3v) is 4.19. The second kappa shape index (κ2) is 8.29. The Bertz CT molecular complexity index is 777. The number of ether oxygens (including phenoxy) is 1. The second-order valence-corrected chi connectivity index (χ2v) is 5.93. The van der Waals surface area contributed by atoms with Crippen molar-refractivity contribution in [2.24, 2.45) is 5.16 Å². The molecule has 0 N–H and O–H groups in total. The monoisotopic (exact) mass is 335 g/mol. The highest BCUT2D eigenvalue weighted by Gasteiger charge is 2.15. The fraction of sp³-hybridized carbons (Fsp3) is 0.238. The van der Waals surface area contributed by atoms with Crippen LogP contribution in [0.5, 0.6) is 5.75 Å². The van der Waals surface area contributed by atoms with Crippen LogP contribution in [0.25, 0.3) is 6.08 Å². The van der Waals surface area contributed by atoms with Crippen LogP contribution < -0.4 is 4.74 Å². The molecule has 2 aromatic rings. The van der Waals surface area contributed by atoms with Crippen LogP contribution in [-0.4, -0.2) is 18.8 Å². The van der Waals surface area contributed by atoms with Gasteiger partial charge in [0, 0.05) is 0 Å². The molecule has 0 saturated heterocycles. The molecule has 0 radical (unpaired) electrons. The Labute approximate surface area is 147 Å². The number of carbonyl (C=O) groups excluding carboxylic acids is 1.